The monoisotopic (exact) mass is 448 g/mol. The van der Waals surface area contributed by atoms with Crippen LogP contribution in [0.1, 0.15) is 73.5 Å². The molecule has 0 unspecified atom stereocenters. The number of piperidine rings is 1. The Morgan fingerprint density at radius 2 is 1.82 bits per heavy atom. The average Bonchev–Trinajstić information content (AvgIpc) is 3.34. The van der Waals surface area contributed by atoms with E-state index >= 15 is 0 Å². The second kappa shape index (κ2) is 9.37. The quantitative estimate of drug-likeness (QED) is 0.692. The number of pyridine rings is 1. The molecule has 1 amide bonds. The third-order valence-electron chi connectivity index (χ3n) is 7.62. The van der Waals surface area contributed by atoms with Crippen molar-refractivity contribution < 1.29 is 4.79 Å². The molecule has 0 atom stereocenters. The van der Waals surface area contributed by atoms with Crippen molar-refractivity contribution in [2.75, 3.05) is 37.0 Å². The van der Waals surface area contributed by atoms with Gasteiger partial charge in [0.2, 0.25) is 5.91 Å². The van der Waals surface area contributed by atoms with E-state index in [2.05, 4.69) is 27.8 Å². The Bertz CT molecular complexity index is 1010. The fourth-order valence-corrected chi connectivity index (χ4v) is 5.83. The van der Waals surface area contributed by atoms with Crippen LogP contribution in [0.25, 0.3) is 0 Å². The zero-order valence-electron chi connectivity index (χ0n) is 20.3. The van der Waals surface area contributed by atoms with Crippen LogP contribution in [-0.2, 0) is 17.8 Å². The van der Waals surface area contributed by atoms with Gasteiger partial charge in [0, 0.05) is 62.0 Å². The number of aryl methyl sites for hydroxylation is 1. The summed E-state index contributed by atoms with van der Waals surface area (Å²) in [7, 11) is 4.10. The lowest BCUT2D eigenvalue weighted by atomic mass is 9.94. The van der Waals surface area contributed by atoms with Crippen molar-refractivity contribution in [2.24, 2.45) is 0 Å². The van der Waals surface area contributed by atoms with Crippen molar-refractivity contribution in [3.8, 4) is 0 Å². The number of aromatic nitrogens is 3. The van der Waals surface area contributed by atoms with Gasteiger partial charge in [-0.25, -0.2) is 15.0 Å². The van der Waals surface area contributed by atoms with Gasteiger partial charge in [0.15, 0.2) is 0 Å². The molecule has 2 fully saturated rings. The molecule has 0 N–H and O–H groups in total. The van der Waals surface area contributed by atoms with Crippen LogP contribution in [0.3, 0.4) is 0 Å². The zero-order valence-corrected chi connectivity index (χ0v) is 20.3. The number of likely N-dealkylation sites (tertiary alicyclic amines) is 1. The van der Waals surface area contributed by atoms with Crippen LogP contribution in [-0.4, -0.2) is 59.0 Å². The number of nitrogens with zero attached hydrogens (tertiary/aromatic N) is 6. The van der Waals surface area contributed by atoms with Crippen molar-refractivity contribution in [3.05, 3.63) is 41.0 Å². The molecule has 2 aromatic heterocycles. The number of anilines is 2. The summed E-state index contributed by atoms with van der Waals surface area (Å²) in [6.45, 7) is 5.07. The van der Waals surface area contributed by atoms with Crippen molar-refractivity contribution in [1.82, 2.24) is 19.9 Å². The lowest BCUT2D eigenvalue weighted by Gasteiger charge is -2.35. The van der Waals surface area contributed by atoms with Gasteiger partial charge in [-0.1, -0.05) is 18.9 Å². The van der Waals surface area contributed by atoms with Crippen LogP contribution < -0.4 is 9.80 Å². The summed E-state index contributed by atoms with van der Waals surface area (Å²) < 4.78 is 0. The van der Waals surface area contributed by atoms with Crippen molar-refractivity contribution in [1.29, 1.82) is 0 Å². The highest BCUT2D eigenvalue weighted by Gasteiger charge is 2.35. The number of rotatable bonds is 5. The minimum Gasteiger partial charge on any atom is -0.362 e. The van der Waals surface area contributed by atoms with E-state index < -0.39 is 0 Å². The van der Waals surface area contributed by atoms with Gasteiger partial charge in [0.05, 0.1) is 0 Å². The number of hydrogen-bond donors (Lipinski definition) is 0. The van der Waals surface area contributed by atoms with Crippen molar-refractivity contribution >= 4 is 17.5 Å². The summed E-state index contributed by atoms with van der Waals surface area (Å²) in [5.41, 5.74) is 3.53. The van der Waals surface area contributed by atoms with Crippen LogP contribution in [0.5, 0.6) is 0 Å². The van der Waals surface area contributed by atoms with Crippen LogP contribution in [0.4, 0.5) is 11.6 Å². The Balaban J connectivity index is 1.31. The molecule has 1 aliphatic carbocycles. The van der Waals surface area contributed by atoms with Crippen LogP contribution in [0.2, 0.25) is 0 Å². The summed E-state index contributed by atoms with van der Waals surface area (Å²) in [4.78, 5) is 34.1. The first-order valence-electron chi connectivity index (χ1n) is 12.5. The third kappa shape index (κ3) is 4.47. The zero-order chi connectivity index (χ0) is 22.9. The van der Waals surface area contributed by atoms with Gasteiger partial charge in [-0.2, -0.15) is 0 Å². The molecule has 176 valence electrons. The number of carbonyl (C=O) groups excluding carboxylic acids is 1. The highest BCUT2D eigenvalue weighted by molar-refractivity contribution is 5.96. The lowest BCUT2D eigenvalue weighted by molar-refractivity contribution is -0.119. The van der Waals surface area contributed by atoms with Gasteiger partial charge < -0.3 is 4.90 Å². The van der Waals surface area contributed by atoms with E-state index in [1.54, 1.807) is 0 Å². The SMILES string of the molecule is Cc1nc(C2CCN(Cc3cccnc3N(C)C)CC2)nc2c1CCC(=O)N2C1CCCC1. The summed E-state index contributed by atoms with van der Waals surface area (Å²) in [6.07, 6.45) is 9.96. The van der Waals surface area contributed by atoms with Crippen LogP contribution in [0, 0.1) is 6.92 Å². The topological polar surface area (TPSA) is 65.5 Å². The van der Waals surface area contributed by atoms with Gasteiger partial charge in [-0.15, -0.1) is 0 Å². The first-order valence-corrected chi connectivity index (χ1v) is 12.5. The molecule has 7 nitrogen and oxygen atoms in total. The fourth-order valence-electron chi connectivity index (χ4n) is 5.83. The molecule has 0 radical (unpaired) electrons. The van der Waals surface area contributed by atoms with Crippen molar-refractivity contribution in [2.45, 2.75) is 76.8 Å². The first-order chi connectivity index (χ1) is 16.0. The van der Waals surface area contributed by atoms with Gasteiger partial charge >= 0.3 is 0 Å². The summed E-state index contributed by atoms with van der Waals surface area (Å²) in [5.74, 6) is 3.52. The Morgan fingerprint density at radius 3 is 2.55 bits per heavy atom. The molecule has 0 spiro atoms. The molecule has 2 aliphatic heterocycles. The second-order valence-corrected chi connectivity index (χ2v) is 10.1. The number of amides is 1. The summed E-state index contributed by atoms with van der Waals surface area (Å²) >= 11 is 0. The standard InChI is InChI=1S/C26H36N6O/c1-18-22-10-11-23(33)32(21-8-4-5-9-21)26(22)29-24(28-18)19-12-15-31(16-13-19)17-20-7-6-14-27-25(20)30(2)3/h6-7,14,19,21H,4-5,8-13,15-17H2,1-3H3. The maximum Gasteiger partial charge on any atom is 0.228 e. The smallest absolute Gasteiger partial charge is 0.228 e. The summed E-state index contributed by atoms with van der Waals surface area (Å²) in [5, 5.41) is 0. The van der Waals surface area contributed by atoms with E-state index in [0.29, 0.717) is 18.4 Å². The number of carbonyl (C=O) groups is 1. The molecule has 7 heteroatoms. The fraction of sp³-hybridized carbons (Fsp3) is 0.615. The van der Waals surface area contributed by atoms with E-state index in [9.17, 15) is 4.79 Å². The van der Waals surface area contributed by atoms with Gasteiger partial charge in [0.25, 0.3) is 0 Å². The number of hydrogen-bond acceptors (Lipinski definition) is 6. The second-order valence-electron chi connectivity index (χ2n) is 10.1. The largest absolute Gasteiger partial charge is 0.362 e. The molecule has 4 heterocycles. The Morgan fingerprint density at radius 1 is 1.06 bits per heavy atom. The molecular formula is C26H36N6O. The van der Waals surface area contributed by atoms with E-state index in [1.165, 1.54) is 24.0 Å². The van der Waals surface area contributed by atoms with Gasteiger partial charge in [0.1, 0.15) is 17.5 Å². The maximum absolute atomic E-state index is 12.9. The third-order valence-corrected chi connectivity index (χ3v) is 7.62. The molecule has 1 saturated heterocycles. The average molecular weight is 449 g/mol. The first kappa shape index (κ1) is 22.3. The highest BCUT2D eigenvalue weighted by Crippen LogP contribution is 2.37. The Hall–Kier alpha value is -2.54. The number of fused-ring (bicyclic) bond motifs is 1. The molecule has 0 bridgehead atoms. The molecule has 5 rings (SSSR count). The molecular weight excluding hydrogens is 412 g/mol. The van der Waals surface area contributed by atoms with Crippen molar-refractivity contribution in [3.63, 3.8) is 0 Å². The Labute approximate surface area is 197 Å². The molecule has 0 aromatic carbocycles. The van der Waals surface area contributed by atoms with Gasteiger partial charge in [-0.05, 0) is 58.2 Å². The molecule has 2 aromatic rings. The predicted octanol–water partition coefficient (Wildman–Crippen LogP) is 3.85. The summed E-state index contributed by atoms with van der Waals surface area (Å²) in [6, 6.07) is 4.53. The molecule has 3 aliphatic rings. The molecule has 1 saturated carbocycles. The van der Waals surface area contributed by atoms with E-state index in [4.69, 9.17) is 9.97 Å². The highest BCUT2D eigenvalue weighted by atomic mass is 16.2. The van der Waals surface area contributed by atoms with Crippen LogP contribution in [0.15, 0.2) is 18.3 Å². The Kier molecular flexibility index (Phi) is 6.32. The molecule has 33 heavy (non-hydrogen) atoms. The normalized spacial score (nSPS) is 20.3. The van der Waals surface area contributed by atoms with Crippen LogP contribution >= 0.6 is 0 Å². The van der Waals surface area contributed by atoms with Gasteiger partial charge in [-0.3, -0.25) is 14.6 Å². The minimum atomic E-state index is 0.251. The van der Waals surface area contributed by atoms with E-state index in [1.807, 2.05) is 31.3 Å². The minimum absolute atomic E-state index is 0.251. The van der Waals surface area contributed by atoms with E-state index in [-0.39, 0.29) is 5.91 Å². The lowest BCUT2D eigenvalue weighted by Crippen LogP contribution is -2.43. The van der Waals surface area contributed by atoms with E-state index in [0.717, 1.165) is 74.9 Å². The predicted molar refractivity (Wildman–Crippen MR) is 131 cm³/mol. The maximum atomic E-state index is 12.9.